The molecule has 0 radical (unpaired) electrons. The highest BCUT2D eigenvalue weighted by Gasteiger charge is 2.21. The third kappa shape index (κ3) is 3.65. The van der Waals surface area contributed by atoms with Gasteiger partial charge in [0.05, 0.1) is 0 Å². The molecule has 1 saturated heterocycles. The van der Waals surface area contributed by atoms with Crippen molar-refractivity contribution in [3.8, 4) is 0 Å². The molecule has 0 saturated carbocycles. The summed E-state index contributed by atoms with van der Waals surface area (Å²) in [5.41, 5.74) is 4.52. The normalized spacial score (nSPS) is 14.7. The fraction of sp³-hybridized carbons (Fsp3) is 0.316. The molecular formula is C19H23N3O. The van der Waals surface area contributed by atoms with Crippen LogP contribution in [0.25, 0.3) is 0 Å². The molecule has 0 aliphatic carbocycles. The number of rotatable bonds is 2. The van der Waals surface area contributed by atoms with Crippen LogP contribution in [0.3, 0.4) is 0 Å². The molecule has 0 spiro atoms. The van der Waals surface area contributed by atoms with Crippen LogP contribution in [-0.2, 0) is 0 Å². The van der Waals surface area contributed by atoms with Crippen molar-refractivity contribution in [3.63, 3.8) is 0 Å². The Labute approximate surface area is 137 Å². The lowest BCUT2D eigenvalue weighted by Crippen LogP contribution is -2.50. The molecule has 0 atom stereocenters. The predicted molar refractivity (Wildman–Crippen MR) is 95.2 cm³/mol. The molecule has 0 unspecified atom stereocenters. The number of carbonyl (C=O) groups is 1. The minimum atomic E-state index is -0.0130. The van der Waals surface area contributed by atoms with Gasteiger partial charge in [-0.15, -0.1) is 0 Å². The fourth-order valence-corrected chi connectivity index (χ4v) is 2.83. The Morgan fingerprint density at radius 1 is 0.913 bits per heavy atom. The molecule has 2 amide bonds. The Bertz CT molecular complexity index is 676. The number of anilines is 2. The summed E-state index contributed by atoms with van der Waals surface area (Å²) in [5, 5.41) is 3.00. The smallest absolute Gasteiger partial charge is 0.321 e. The molecule has 1 heterocycles. The van der Waals surface area contributed by atoms with Gasteiger partial charge in [0.1, 0.15) is 0 Å². The van der Waals surface area contributed by atoms with E-state index >= 15 is 0 Å². The van der Waals surface area contributed by atoms with E-state index in [9.17, 15) is 4.79 Å². The molecule has 0 bridgehead atoms. The van der Waals surface area contributed by atoms with Gasteiger partial charge in [-0.3, -0.25) is 0 Å². The van der Waals surface area contributed by atoms with E-state index in [2.05, 4.69) is 36.2 Å². The topological polar surface area (TPSA) is 35.6 Å². The number of nitrogens with zero attached hydrogens (tertiary/aromatic N) is 2. The quantitative estimate of drug-likeness (QED) is 0.919. The average molecular weight is 309 g/mol. The summed E-state index contributed by atoms with van der Waals surface area (Å²) in [6.07, 6.45) is 0. The van der Waals surface area contributed by atoms with Crippen molar-refractivity contribution in [2.45, 2.75) is 13.8 Å². The first-order valence-electron chi connectivity index (χ1n) is 8.06. The van der Waals surface area contributed by atoms with Crippen LogP contribution in [0.1, 0.15) is 11.1 Å². The van der Waals surface area contributed by atoms with Crippen LogP contribution >= 0.6 is 0 Å². The van der Waals surface area contributed by atoms with Gasteiger partial charge in [-0.1, -0.05) is 24.3 Å². The Balaban J connectivity index is 1.57. The summed E-state index contributed by atoms with van der Waals surface area (Å²) in [5.74, 6) is 0. The molecule has 4 nitrogen and oxygen atoms in total. The number of piperazine rings is 1. The van der Waals surface area contributed by atoms with Gasteiger partial charge < -0.3 is 15.1 Å². The number of nitrogens with one attached hydrogen (secondary N) is 1. The molecule has 2 aromatic carbocycles. The van der Waals surface area contributed by atoms with Crippen molar-refractivity contribution < 1.29 is 4.79 Å². The van der Waals surface area contributed by atoms with Crippen LogP contribution in [0.5, 0.6) is 0 Å². The van der Waals surface area contributed by atoms with Crippen molar-refractivity contribution in [2.24, 2.45) is 0 Å². The first kappa shape index (κ1) is 15.4. The van der Waals surface area contributed by atoms with E-state index in [1.54, 1.807) is 0 Å². The second-order valence-electron chi connectivity index (χ2n) is 6.04. The summed E-state index contributed by atoms with van der Waals surface area (Å²) in [4.78, 5) is 16.6. The summed E-state index contributed by atoms with van der Waals surface area (Å²) in [6.45, 7) is 7.35. The minimum Gasteiger partial charge on any atom is -0.368 e. The lowest BCUT2D eigenvalue weighted by molar-refractivity contribution is 0.208. The van der Waals surface area contributed by atoms with Crippen LogP contribution in [0, 0.1) is 13.8 Å². The number of hydrogen-bond donors (Lipinski definition) is 1. The van der Waals surface area contributed by atoms with Gasteiger partial charge in [-0.25, -0.2) is 4.79 Å². The van der Waals surface area contributed by atoms with Crippen molar-refractivity contribution in [2.75, 3.05) is 36.4 Å². The van der Waals surface area contributed by atoms with Crippen molar-refractivity contribution in [1.82, 2.24) is 4.90 Å². The first-order valence-corrected chi connectivity index (χ1v) is 8.06. The molecule has 1 fully saturated rings. The molecule has 1 aliphatic rings. The molecule has 1 N–H and O–H groups in total. The van der Waals surface area contributed by atoms with Gasteiger partial charge in [0.25, 0.3) is 0 Å². The van der Waals surface area contributed by atoms with Crippen LogP contribution in [0.4, 0.5) is 16.2 Å². The van der Waals surface area contributed by atoms with Gasteiger partial charge in [-0.2, -0.15) is 0 Å². The van der Waals surface area contributed by atoms with E-state index in [-0.39, 0.29) is 6.03 Å². The van der Waals surface area contributed by atoms with Crippen LogP contribution in [-0.4, -0.2) is 37.1 Å². The zero-order valence-electron chi connectivity index (χ0n) is 13.7. The minimum absolute atomic E-state index is 0.0130. The summed E-state index contributed by atoms with van der Waals surface area (Å²) in [7, 11) is 0. The SMILES string of the molecule is Cc1ccc(NC(=O)N2CCN(c3ccccc3)CC2)cc1C. The molecule has 23 heavy (non-hydrogen) atoms. The lowest BCUT2D eigenvalue weighted by Gasteiger charge is -2.36. The van der Waals surface area contributed by atoms with E-state index in [0.29, 0.717) is 0 Å². The maximum atomic E-state index is 12.4. The molecule has 1 aliphatic heterocycles. The monoisotopic (exact) mass is 309 g/mol. The van der Waals surface area contributed by atoms with Gasteiger partial charge in [0, 0.05) is 37.6 Å². The molecule has 4 heteroatoms. The van der Waals surface area contributed by atoms with E-state index in [0.717, 1.165) is 31.9 Å². The molecule has 120 valence electrons. The highest BCUT2D eigenvalue weighted by atomic mass is 16.2. The van der Waals surface area contributed by atoms with Crippen molar-refractivity contribution in [3.05, 3.63) is 59.7 Å². The van der Waals surface area contributed by atoms with E-state index < -0.39 is 0 Å². The summed E-state index contributed by atoms with van der Waals surface area (Å²) in [6, 6.07) is 16.4. The largest absolute Gasteiger partial charge is 0.368 e. The number of amides is 2. The van der Waals surface area contributed by atoms with Crippen molar-refractivity contribution in [1.29, 1.82) is 0 Å². The predicted octanol–water partition coefficient (Wildman–Crippen LogP) is 3.66. The number of para-hydroxylation sites is 1. The van der Waals surface area contributed by atoms with Crippen LogP contribution < -0.4 is 10.2 Å². The van der Waals surface area contributed by atoms with E-state index in [4.69, 9.17) is 0 Å². The Kier molecular flexibility index (Phi) is 4.51. The Hall–Kier alpha value is -2.49. The molecule has 0 aromatic heterocycles. The maximum Gasteiger partial charge on any atom is 0.321 e. The van der Waals surface area contributed by atoms with Crippen LogP contribution in [0.2, 0.25) is 0 Å². The molecule has 3 rings (SSSR count). The standard InChI is InChI=1S/C19H23N3O/c1-15-8-9-17(14-16(15)2)20-19(23)22-12-10-21(11-13-22)18-6-4-3-5-7-18/h3-9,14H,10-13H2,1-2H3,(H,20,23). The number of hydrogen-bond acceptors (Lipinski definition) is 2. The van der Waals surface area contributed by atoms with Crippen molar-refractivity contribution >= 4 is 17.4 Å². The summed E-state index contributed by atoms with van der Waals surface area (Å²) < 4.78 is 0. The maximum absolute atomic E-state index is 12.4. The molecular weight excluding hydrogens is 286 g/mol. The second kappa shape index (κ2) is 6.73. The number of carbonyl (C=O) groups excluding carboxylic acids is 1. The van der Waals surface area contributed by atoms with Gasteiger partial charge >= 0.3 is 6.03 Å². The van der Waals surface area contributed by atoms with E-state index in [1.807, 2.05) is 41.3 Å². The fourth-order valence-electron chi connectivity index (χ4n) is 2.83. The number of aryl methyl sites for hydroxylation is 2. The first-order chi connectivity index (χ1) is 11.1. The van der Waals surface area contributed by atoms with Gasteiger partial charge in [-0.05, 0) is 49.2 Å². The lowest BCUT2D eigenvalue weighted by atomic mass is 10.1. The van der Waals surface area contributed by atoms with Crippen LogP contribution in [0.15, 0.2) is 48.5 Å². The number of urea groups is 1. The highest BCUT2D eigenvalue weighted by Crippen LogP contribution is 2.17. The Morgan fingerprint density at radius 3 is 2.26 bits per heavy atom. The number of benzene rings is 2. The third-order valence-corrected chi connectivity index (χ3v) is 4.45. The second-order valence-corrected chi connectivity index (χ2v) is 6.04. The van der Waals surface area contributed by atoms with Gasteiger partial charge in [0.2, 0.25) is 0 Å². The average Bonchev–Trinajstić information content (AvgIpc) is 2.59. The zero-order chi connectivity index (χ0) is 16.2. The highest BCUT2D eigenvalue weighted by molar-refractivity contribution is 5.89. The summed E-state index contributed by atoms with van der Waals surface area (Å²) >= 11 is 0. The van der Waals surface area contributed by atoms with Gasteiger partial charge in [0.15, 0.2) is 0 Å². The Morgan fingerprint density at radius 2 is 1.61 bits per heavy atom. The molecule has 2 aromatic rings. The zero-order valence-corrected chi connectivity index (χ0v) is 13.7. The van der Waals surface area contributed by atoms with E-state index in [1.165, 1.54) is 16.8 Å². The third-order valence-electron chi connectivity index (χ3n) is 4.45.